The zero-order valence-corrected chi connectivity index (χ0v) is 25.2. The van der Waals surface area contributed by atoms with Crippen LogP contribution in [-0.2, 0) is 4.79 Å². The molecule has 1 N–H and O–H groups in total. The van der Waals surface area contributed by atoms with Crippen LogP contribution in [0.4, 0.5) is 4.39 Å². The lowest BCUT2D eigenvalue weighted by atomic mass is 9.96. The molecule has 1 unspecified atom stereocenters. The van der Waals surface area contributed by atoms with Crippen LogP contribution < -0.4 is 4.74 Å². The van der Waals surface area contributed by atoms with Crippen molar-refractivity contribution < 1.29 is 19.0 Å². The van der Waals surface area contributed by atoms with Gasteiger partial charge in [0.1, 0.15) is 17.9 Å². The summed E-state index contributed by atoms with van der Waals surface area (Å²) in [4.78, 5) is 26.0. The lowest BCUT2D eigenvalue weighted by molar-refractivity contribution is -0.127. The van der Waals surface area contributed by atoms with Crippen molar-refractivity contribution in [2.45, 2.75) is 37.8 Å². The van der Waals surface area contributed by atoms with Gasteiger partial charge in [0.25, 0.3) is 0 Å². The molecule has 0 saturated carbocycles. The van der Waals surface area contributed by atoms with Crippen LogP contribution in [0, 0.1) is 5.82 Å². The van der Waals surface area contributed by atoms with Crippen molar-refractivity contribution in [2.75, 3.05) is 33.3 Å². The highest BCUT2D eigenvalue weighted by molar-refractivity contribution is 6.35. The molecule has 1 amide bonds. The minimum atomic E-state index is -0.604. The molecule has 44 heavy (non-hydrogen) atoms. The Labute approximate surface area is 259 Å². The summed E-state index contributed by atoms with van der Waals surface area (Å²) in [5, 5.41) is 12.7. The number of hydrogen-bond acceptors (Lipinski definition) is 6. The number of carbonyl (C=O) groups is 1. The molecule has 2 fully saturated rings. The number of amides is 1. The molecule has 2 aliphatic rings. The molecule has 0 radical (unpaired) electrons. The van der Waals surface area contributed by atoms with E-state index in [9.17, 15) is 9.90 Å². The van der Waals surface area contributed by atoms with Gasteiger partial charge in [-0.3, -0.25) is 4.79 Å². The number of piperidine rings is 1. The van der Waals surface area contributed by atoms with E-state index in [0.29, 0.717) is 41.7 Å². The number of carbonyl (C=O) groups excluding carboxylic acids is 1. The Morgan fingerprint density at radius 3 is 2.77 bits per heavy atom. The molecule has 0 spiro atoms. The number of imidazole rings is 1. The topological polar surface area (TPSA) is 83.7 Å². The first-order chi connectivity index (χ1) is 21.3. The minimum Gasteiger partial charge on any atom is -0.508 e. The first-order valence-corrected chi connectivity index (χ1v) is 15.4. The summed E-state index contributed by atoms with van der Waals surface area (Å²) in [7, 11) is 2.08. The molecule has 4 heterocycles. The number of hydrogen-bond donors (Lipinski definition) is 1. The van der Waals surface area contributed by atoms with E-state index >= 15 is 4.39 Å². The molecular weight excluding hydrogens is 581 g/mol. The van der Waals surface area contributed by atoms with Crippen molar-refractivity contribution in [3.05, 3.63) is 72.3 Å². The van der Waals surface area contributed by atoms with Crippen LogP contribution in [-0.4, -0.2) is 74.7 Å². The molecule has 2 atom stereocenters. The fraction of sp³-hybridized carbons (Fsp3) is 0.324. The predicted octanol–water partition coefficient (Wildman–Crippen LogP) is 6.73. The second kappa shape index (κ2) is 11.4. The van der Waals surface area contributed by atoms with E-state index in [1.807, 2.05) is 28.8 Å². The number of phenols is 1. The number of halogens is 2. The summed E-state index contributed by atoms with van der Waals surface area (Å²) in [6.45, 7) is 6.19. The van der Waals surface area contributed by atoms with Gasteiger partial charge in [0.2, 0.25) is 11.8 Å². The van der Waals surface area contributed by atoms with Gasteiger partial charge in [-0.15, -0.1) is 0 Å². The van der Waals surface area contributed by atoms with Crippen molar-refractivity contribution in [1.29, 1.82) is 0 Å². The third-order valence-corrected chi connectivity index (χ3v) is 9.43. The third-order valence-electron chi connectivity index (χ3n) is 9.13. The third kappa shape index (κ3) is 4.84. The zero-order valence-electron chi connectivity index (χ0n) is 24.5. The van der Waals surface area contributed by atoms with Crippen LogP contribution in [0.1, 0.15) is 31.7 Å². The first kappa shape index (κ1) is 28.6. The van der Waals surface area contributed by atoms with E-state index in [0.717, 1.165) is 43.0 Å². The molecule has 8 nitrogen and oxygen atoms in total. The highest BCUT2D eigenvalue weighted by Gasteiger charge is 2.29. The Kier molecular flexibility index (Phi) is 7.38. The number of fused-ring (bicyclic) bond motifs is 4. The van der Waals surface area contributed by atoms with E-state index in [1.54, 1.807) is 23.4 Å². The molecule has 3 aromatic carbocycles. The summed E-state index contributed by atoms with van der Waals surface area (Å²) in [6.07, 6.45) is 6.80. The molecule has 0 bridgehead atoms. The van der Waals surface area contributed by atoms with Gasteiger partial charge < -0.3 is 24.2 Å². The maximum absolute atomic E-state index is 16.9. The average Bonchev–Trinajstić information content (AvgIpc) is 3.66. The molecule has 10 heteroatoms. The number of likely N-dealkylation sites (tertiary alicyclic amines) is 2. The summed E-state index contributed by atoms with van der Waals surface area (Å²) in [5.74, 6) is -0.453. The van der Waals surface area contributed by atoms with E-state index in [-0.39, 0.29) is 45.7 Å². The SMILES string of the molecule is C=CC(=O)N1CCCC(n2cnc3c(OC[C@@H]4CCCN4C)nc4c(F)c(-c5cc(O)cc6ccccc56)c(Cl)cc4c32)C1. The number of likely N-dealkylation sites (N-methyl/N-ethyl adjacent to an activating group) is 1. The lowest BCUT2D eigenvalue weighted by Gasteiger charge is -2.33. The van der Waals surface area contributed by atoms with Crippen LogP contribution in [0.3, 0.4) is 0 Å². The lowest BCUT2D eigenvalue weighted by Crippen LogP contribution is -2.39. The molecule has 0 aliphatic carbocycles. The van der Waals surface area contributed by atoms with Crippen LogP contribution in [0.25, 0.3) is 43.8 Å². The Morgan fingerprint density at radius 1 is 1.16 bits per heavy atom. The van der Waals surface area contributed by atoms with Gasteiger partial charge in [-0.2, -0.15) is 0 Å². The first-order valence-electron chi connectivity index (χ1n) is 15.0. The summed E-state index contributed by atoms with van der Waals surface area (Å²) in [6, 6.07) is 12.5. The van der Waals surface area contributed by atoms with Gasteiger partial charge in [-0.1, -0.05) is 42.4 Å². The van der Waals surface area contributed by atoms with E-state index in [1.165, 1.54) is 12.1 Å². The Bertz CT molecular complexity index is 1940. The number of aromatic nitrogens is 3. The number of ether oxygens (including phenoxy) is 1. The number of nitrogens with zero attached hydrogens (tertiary/aromatic N) is 5. The second-order valence-electron chi connectivity index (χ2n) is 11.8. The van der Waals surface area contributed by atoms with E-state index in [4.69, 9.17) is 26.3 Å². The largest absolute Gasteiger partial charge is 0.508 e. The highest BCUT2D eigenvalue weighted by atomic mass is 35.5. The summed E-state index contributed by atoms with van der Waals surface area (Å²) < 4.78 is 25.2. The molecule has 2 saturated heterocycles. The van der Waals surface area contributed by atoms with Crippen LogP contribution in [0.15, 0.2) is 61.4 Å². The number of phenolic OH excluding ortho intramolecular Hbond substituents is 1. The number of rotatable bonds is 6. The van der Waals surface area contributed by atoms with Gasteiger partial charge >= 0.3 is 0 Å². The van der Waals surface area contributed by atoms with Gasteiger partial charge in [0.15, 0.2) is 11.3 Å². The van der Waals surface area contributed by atoms with Crippen molar-refractivity contribution in [1.82, 2.24) is 24.3 Å². The van der Waals surface area contributed by atoms with Crippen LogP contribution >= 0.6 is 11.6 Å². The van der Waals surface area contributed by atoms with Gasteiger partial charge in [0, 0.05) is 30.1 Å². The molecule has 2 aromatic heterocycles. The Morgan fingerprint density at radius 2 is 1.98 bits per heavy atom. The predicted molar refractivity (Wildman–Crippen MR) is 171 cm³/mol. The molecular formula is C34H33ClFN5O3. The van der Waals surface area contributed by atoms with Gasteiger partial charge in [-0.25, -0.2) is 14.4 Å². The molecule has 226 valence electrons. The molecule has 5 aromatic rings. The number of pyridine rings is 1. The van der Waals surface area contributed by atoms with E-state index in [2.05, 4.69) is 18.5 Å². The average molecular weight is 614 g/mol. The van der Waals surface area contributed by atoms with Crippen LogP contribution in [0.2, 0.25) is 5.02 Å². The quantitative estimate of drug-likeness (QED) is 0.214. The smallest absolute Gasteiger partial charge is 0.246 e. The van der Waals surface area contributed by atoms with Crippen molar-refractivity contribution in [3.8, 4) is 22.8 Å². The van der Waals surface area contributed by atoms with Crippen molar-refractivity contribution in [3.63, 3.8) is 0 Å². The Hall–Kier alpha value is -4.21. The summed E-state index contributed by atoms with van der Waals surface area (Å²) >= 11 is 6.91. The van der Waals surface area contributed by atoms with Crippen molar-refractivity contribution >= 4 is 50.2 Å². The summed E-state index contributed by atoms with van der Waals surface area (Å²) in [5.41, 5.74) is 1.93. The standard InChI is InChI=1S/C34H33ClFN5O3/c1-3-28(43)40-13-7-9-21(17-40)41-19-37-32-33(41)26-16-27(35)29(25-15-23(42)14-20-8-4-5-11-24(20)25)30(36)31(26)38-34(32)44-18-22-10-6-12-39(22)2/h3-5,8,11,14-16,19,21-22,42H,1,6-7,9-10,12-13,17-18H2,2H3/t21?,22-/m0/s1. The Balaban J connectivity index is 1.44. The minimum absolute atomic E-state index is 0.0105. The fourth-order valence-corrected chi connectivity index (χ4v) is 7.13. The normalized spacial score (nSPS) is 19.3. The number of benzene rings is 3. The number of aromatic hydroxyl groups is 1. The second-order valence-corrected chi connectivity index (χ2v) is 12.2. The van der Waals surface area contributed by atoms with Crippen molar-refractivity contribution in [2.24, 2.45) is 0 Å². The van der Waals surface area contributed by atoms with Crippen LogP contribution in [0.5, 0.6) is 11.6 Å². The monoisotopic (exact) mass is 613 g/mol. The van der Waals surface area contributed by atoms with Gasteiger partial charge in [-0.05, 0) is 79.9 Å². The molecule has 2 aliphatic heterocycles. The highest BCUT2D eigenvalue weighted by Crippen LogP contribution is 2.43. The molecule has 7 rings (SSSR count). The zero-order chi connectivity index (χ0) is 30.5. The van der Waals surface area contributed by atoms with Gasteiger partial charge in [0.05, 0.1) is 22.9 Å². The fourth-order valence-electron chi connectivity index (χ4n) is 6.84. The van der Waals surface area contributed by atoms with E-state index < -0.39 is 5.82 Å². The maximum atomic E-state index is 16.9. The maximum Gasteiger partial charge on any atom is 0.246 e.